The number of rotatable bonds is 4. The van der Waals surface area contributed by atoms with Gasteiger partial charge in [0.1, 0.15) is 6.61 Å². The van der Waals surface area contributed by atoms with Crippen LogP contribution < -0.4 is 5.32 Å². The Morgan fingerprint density at radius 1 is 1.40 bits per heavy atom. The van der Waals surface area contributed by atoms with Crippen molar-refractivity contribution >= 4 is 35.1 Å². The zero-order valence-electron chi connectivity index (χ0n) is 13.8. The quantitative estimate of drug-likeness (QED) is 0.806. The highest BCUT2D eigenvalue weighted by Crippen LogP contribution is 2.39. The molecule has 0 spiro atoms. The molecule has 5 nitrogen and oxygen atoms in total. The lowest BCUT2D eigenvalue weighted by Gasteiger charge is -2.27. The molecule has 1 aromatic rings. The Balaban J connectivity index is 1.86. The molecule has 2 heterocycles. The Bertz CT molecular complexity index is 726. The molecule has 0 aromatic heterocycles. The van der Waals surface area contributed by atoms with Crippen molar-refractivity contribution in [2.24, 2.45) is 0 Å². The van der Waals surface area contributed by atoms with Gasteiger partial charge in [-0.05, 0) is 31.4 Å². The van der Waals surface area contributed by atoms with E-state index in [1.54, 1.807) is 25.1 Å². The van der Waals surface area contributed by atoms with Gasteiger partial charge < -0.3 is 14.8 Å². The van der Waals surface area contributed by atoms with Gasteiger partial charge in [-0.2, -0.15) is 0 Å². The summed E-state index contributed by atoms with van der Waals surface area (Å²) >= 11 is 12.4. The Hall–Kier alpha value is -1.56. The van der Waals surface area contributed by atoms with E-state index in [2.05, 4.69) is 5.32 Å². The molecule has 0 aliphatic carbocycles. The van der Waals surface area contributed by atoms with Gasteiger partial charge >= 0.3 is 5.97 Å². The lowest BCUT2D eigenvalue weighted by Crippen LogP contribution is -2.35. The lowest BCUT2D eigenvalue weighted by molar-refractivity contribution is -0.142. The highest BCUT2D eigenvalue weighted by atomic mass is 35.5. The van der Waals surface area contributed by atoms with Crippen molar-refractivity contribution in [2.75, 3.05) is 13.2 Å². The van der Waals surface area contributed by atoms with Crippen LogP contribution in [0.1, 0.15) is 37.7 Å². The van der Waals surface area contributed by atoms with E-state index in [0.29, 0.717) is 33.5 Å². The largest absolute Gasteiger partial charge is 0.460 e. The predicted octanol–water partition coefficient (Wildman–Crippen LogP) is 3.59. The summed E-state index contributed by atoms with van der Waals surface area (Å²) in [6.45, 7) is 2.59. The second-order valence-corrected chi connectivity index (χ2v) is 7.01. The standard InChI is InChI=1S/C18H19Cl2NO4/c1-10-16(18(23)25-9-11-4-3-7-24-11)13(8-15(22)21-10)12-5-2-6-14(19)17(12)20/h2,5-6,11,13H,3-4,7-9H2,1H3,(H,21,22)/t11-,13-/m0/s1. The third kappa shape index (κ3) is 4.00. The van der Waals surface area contributed by atoms with E-state index in [-0.39, 0.29) is 25.0 Å². The molecule has 1 fully saturated rings. The van der Waals surface area contributed by atoms with Crippen molar-refractivity contribution in [2.45, 2.75) is 38.2 Å². The van der Waals surface area contributed by atoms with Gasteiger partial charge in [-0.25, -0.2) is 4.79 Å². The number of ether oxygens (including phenoxy) is 2. The zero-order valence-corrected chi connectivity index (χ0v) is 15.3. The molecular weight excluding hydrogens is 365 g/mol. The first-order valence-corrected chi connectivity index (χ1v) is 8.96. The topological polar surface area (TPSA) is 64.6 Å². The zero-order chi connectivity index (χ0) is 18.0. The van der Waals surface area contributed by atoms with Gasteiger partial charge in [-0.1, -0.05) is 35.3 Å². The molecule has 7 heteroatoms. The molecular formula is C18H19Cl2NO4. The van der Waals surface area contributed by atoms with Crippen LogP contribution >= 0.6 is 23.2 Å². The molecule has 1 saturated heterocycles. The number of carbonyl (C=O) groups is 2. The van der Waals surface area contributed by atoms with Gasteiger partial charge in [0.15, 0.2) is 0 Å². The Morgan fingerprint density at radius 2 is 2.20 bits per heavy atom. The fraction of sp³-hybridized carbons (Fsp3) is 0.444. The van der Waals surface area contributed by atoms with E-state index in [9.17, 15) is 9.59 Å². The maximum absolute atomic E-state index is 12.7. The number of nitrogens with one attached hydrogen (secondary N) is 1. The maximum Gasteiger partial charge on any atom is 0.336 e. The van der Waals surface area contributed by atoms with Crippen molar-refractivity contribution in [1.82, 2.24) is 5.32 Å². The molecule has 25 heavy (non-hydrogen) atoms. The van der Waals surface area contributed by atoms with E-state index in [0.717, 1.165) is 12.8 Å². The Morgan fingerprint density at radius 3 is 2.92 bits per heavy atom. The summed E-state index contributed by atoms with van der Waals surface area (Å²) in [5, 5.41) is 3.44. The summed E-state index contributed by atoms with van der Waals surface area (Å²) in [7, 11) is 0. The molecule has 3 rings (SSSR count). The fourth-order valence-electron chi connectivity index (χ4n) is 3.25. The second-order valence-electron chi connectivity index (χ2n) is 6.22. The molecule has 1 aromatic carbocycles. The number of carbonyl (C=O) groups excluding carboxylic acids is 2. The summed E-state index contributed by atoms with van der Waals surface area (Å²) in [6.07, 6.45) is 1.91. The van der Waals surface area contributed by atoms with Gasteiger partial charge in [0.05, 0.1) is 21.7 Å². The number of esters is 1. The van der Waals surface area contributed by atoms with Crippen molar-refractivity contribution in [3.63, 3.8) is 0 Å². The minimum Gasteiger partial charge on any atom is -0.460 e. The number of halogens is 2. The van der Waals surface area contributed by atoms with Crippen LogP contribution in [0.25, 0.3) is 0 Å². The normalized spacial score (nSPS) is 23.6. The van der Waals surface area contributed by atoms with Crippen LogP contribution in [0.15, 0.2) is 29.5 Å². The van der Waals surface area contributed by atoms with Crippen molar-refractivity contribution in [3.05, 3.63) is 45.1 Å². The lowest BCUT2D eigenvalue weighted by atomic mass is 9.84. The molecule has 0 saturated carbocycles. The highest BCUT2D eigenvalue weighted by molar-refractivity contribution is 6.42. The first-order valence-electron chi connectivity index (χ1n) is 8.20. The number of amides is 1. The van der Waals surface area contributed by atoms with Crippen molar-refractivity contribution in [1.29, 1.82) is 0 Å². The van der Waals surface area contributed by atoms with Crippen LogP contribution in [0.5, 0.6) is 0 Å². The maximum atomic E-state index is 12.7. The molecule has 2 aliphatic rings. The SMILES string of the molecule is CC1=C(C(=O)OC[C@@H]2CCCO2)[C@H](c2cccc(Cl)c2Cl)CC(=O)N1. The monoisotopic (exact) mass is 383 g/mol. The van der Waals surface area contributed by atoms with Gasteiger partial charge in [0.2, 0.25) is 5.91 Å². The summed E-state index contributed by atoms with van der Waals surface area (Å²) in [5.74, 6) is -1.12. The van der Waals surface area contributed by atoms with Crippen molar-refractivity contribution < 1.29 is 19.1 Å². The fourth-order valence-corrected chi connectivity index (χ4v) is 3.69. The van der Waals surface area contributed by atoms with Crippen LogP contribution in [-0.4, -0.2) is 31.2 Å². The van der Waals surface area contributed by atoms with Crippen LogP contribution in [0, 0.1) is 0 Å². The minimum absolute atomic E-state index is 0.0590. The van der Waals surface area contributed by atoms with Gasteiger partial charge in [-0.3, -0.25) is 4.79 Å². The summed E-state index contributed by atoms with van der Waals surface area (Å²) in [6, 6.07) is 5.20. The van der Waals surface area contributed by atoms with E-state index >= 15 is 0 Å². The van der Waals surface area contributed by atoms with Gasteiger partial charge in [0, 0.05) is 24.6 Å². The van der Waals surface area contributed by atoms with E-state index in [1.807, 2.05) is 0 Å². The Labute approximate surface area is 156 Å². The van der Waals surface area contributed by atoms with E-state index in [4.69, 9.17) is 32.7 Å². The van der Waals surface area contributed by atoms with E-state index in [1.165, 1.54) is 0 Å². The smallest absolute Gasteiger partial charge is 0.336 e. The first kappa shape index (κ1) is 18.2. The molecule has 1 N–H and O–H groups in total. The number of allylic oxidation sites excluding steroid dienone is 1. The van der Waals surface area contributed by atoms with Gasteiger partial charge in [-0.15, -0.1) is 0 Å². The first-order chi connectivity index (χ1) is 12.0. The van der Waals surface area contributed by atoms with Crippen LogP contribution in [0.2, 0.25) is 10.0 Å². The predicted molar refractivity (Wildman–Crippen MR) is 94.6 cm³/mol. The average molecular weight is 384 g/mol. The summed E-state index contributed by atoms with van der Waals surface area (Å²) in [5.41, 5.74) is 1.53. The summed E-state index contributed by atoms with van der Waals surface area (Å²) < 4.78 is 10.9. The molecule has 0 bridgehead atoms. The molecule has 2 aliphatic heterocycles. The number of hydrogen-bond donors (Lipinski definition) is 1. The molecule has 0 radical (unpaired) electrons. The average Bonchev–Trinajstić information content (AvgIpc) is 3.08. The highest BCUT2D eigenvalue weighted by Gasteiger charge is 2.34. The minimum atomic E-state index is -0.489. The van der Waals surface area contributed by atoms with Gasteiger partial charge in [0.25, 0.3) is 0 Å². The molecule has 0 unspecified atom stereocenters. The van der Waals surface area contributed by atoms with Crippen LogP contribution in [-0.2, 0) is 19.1 Å². The third-order valence-electron chi connectivity index (χ3n) is 4.47. The van der Waals surface area contributed by atoms with E-state index < -0.39 is 11.9 Å². The van der Waals surface area contributed by atoms with Crippen LogP contribution in [0.4, 0.5) is 0 Å². The number of hydrogen-bond acceptors (Lipinski definition) is 4. The molecule has 134 valence electrons. The third-order valence-corrected chi connectivity index (χ3v) is 5.30. The molecule has 1 amide bonds. The number of benzene rings is 1. The van der Waals surface area contributed by atoms with Crippen LogP contribution in [0.3, 0.4) is 0 Å². The second kappa shape index (κ2) is 7.77. The Kier molecular flexibility index (Phi) is 5.67. The summed E-state index contributed by atoms with van der Waals surface area (Å²) in [4.78, 5) is 24.7. The molecule has 2 atom stereocenters. The van der Waals surface area contributed by atoms with Crippen molar-refractivity contribution in [3.8, 4) is 0 Å².